The molecule has 0 bridgehead atoms. The van der Waals surface area contributed by atoms with Crippen molar-refractivity contribution in [3.05, 3.63) is 53.8 Å². The minimum Gasteiger partial charge on any atom is -0.404 e. The van der Waals surface area contributed by atoms with Gasteiger partial charge in [-0.3, -0.25) is 0 Å². The van der Waals surface area contributed by atoms with E-state index in [1.165, 1.54) is 30.3 Å². The monoisotopic (exact) mass is 281 g/mol. The maximum Gasteiger partial charge on any atom is 0.573 e. The molecule has 2 aromatic carbocycles. The lowest BCUT2D eigenvalue weighted by Crippen LogP contribution is -2.17. The summed E-state index contributed by atoms with van der Waals surface area (Å²) < 4.78 is 53.7. The molecule has 0 aliphatic rings. The summed E-state index contributed by atoms with van der Waals surface area (Å²) in [4.78, 5) is 0. The number of benzene rings is 2. The predicted molar refractivity (Wildman–Crippen MR) is 63.2 cm³/mol. The lowest BCUT2D eigenvalue weighted by atomic mass is 10.0. The number of alkyl halides is 3. The van der Waals surface area contributed by atoms with Crippen LogP contribution in [0, 0.1) is 17.1 Å². The van der Waals surface area contributed by atoms with Gasteiger partial charge in [-0.1, -0.05) is 18.2 Å². The number of nitrogens with zero attached hydrogens (tertiary/aromatic N) is 1. The Kier molecular flexibility index (Phi) is 3.61. The zero-order valence-electron chi connectivity index (χ0n) is 9.91. The highest BCUT2D eigenvalue weighted by molar-refractivity contribution is 5.67. The highest BCUT2D eigenvalue weighted by atomic mass is 19.4. The molecule has 0 amide bonds. The molecule has 2 nitrogen and oxygen atoms in total. The van der Waals surface area contributed by atoms with Gasteiger partial charge in [-0.15, -0.1) is 13.2 Å². The lowest BCUT2D eigenvalue weighted by molar-refractivity contribution is -0.274. The quantitative estimate of drug-likeness (QED) is 0.770. The summed E-state index contributed by atoms with van der Waals surface area (Å²) in [6.07, 6.45) is -4.90. The molecule has 0 heterocycles. The minimum absolute atomic E-state index is 0.248. The van der Waals surface area contributed by atoms with E-state index in [1.54, 1.807) is 12.1 Å². The molecule has 0 aromatic heterocycles. The van der Waals surface area contributed by atoms with Crippen molar-refractivity contribution in [2.75, 3.05) is 0 Å². The molecule has 0 aliphatic carbocycles. The van der Waals surface area contributed by atoms with E-state index in [9.17, 15) is 17.6 Å². The Morgan fingerprint density at radius 2 is 1.70 bits per heavy atom. The summed E-state index contributed by atoms with van der Waals surface area (Å²) in [7, 11) is 0. The molecule has 0 fully saturated rings. The summed E-state index contributed by atoms with van der Waals surface area (Å²) in [5, 5.41) is 8.76. The van der Waals surface area contributed by atoms with Crippen LogP contribution in [0.15, 0.2) is 42.5 Å². The Labute approximate surface area is 111 Å². The number of nitriles is 1. The van der Waals surface area contributed by atoms with E-state index in [-0.39, 0.29) is 5.56 Å². The zero-order chi connectivity index (χ0) is 14.8. The van der Waals surface area contributed by atoms with Crippen molar-refractivity contribution in [1.82, 2.24) is 0 Å². The second kappa shape index (κ2) is 5.21. The molecule has 0 saturated heterocycles. The first kappa shape index (κ1) is 13.9. The second-order valence-electron chi connectivity index (χ2n) is 3.88. The number of rotatable bonds is 2. The van der Waals surface area contributed by atoms with Gasteiger partial charge in [0.05, 0.1) is 5.56 Å². The highest BCUT2D eigenvalue weighted by Gasteiger charge is 2.32. The van der Waals surface area contributed by atoms with Gasteiger partial charge in [-0.05, 0) is 35.4 Å². The average Bonchev–Trinajstić information content (AvgIpc) is 2.37. The van der Waals surface area contributed by atoms with Crippen LogP contribution in [0.3, 0.4) is 0 Å². The molecule has 20 heavy (non-hydrogen) atoms. The first-order valence-corrected chi connectivity index (χ1v) is 5.45. The van der Waals surface area contributed by atoms with Crippen molar-refractivity contribution in [3.63, 3.8) is 0 Å². The standard InChI is InChI=1S/C14H7F4NO/c15-12-3-1-2-9(6-12)10-4-5-11(8-19)13(7-10)20-14(16,17)18/h1-7H. The Morgan fingerprint density at radius 3 is 2.30 bits per heavy atom. The number of halogens is 4. The molecule has 0 spiro atoms. The van der Waals surface area contributed by atoms with E-state index >= 15 is 0 Å². The van der Waals surface area contributed by atoms with Gasteiger partial charge in [-0.2, -0.15) is 5.26 Å². The van der Waals surface area contributed by atoms with E-state index in [0.717, 1.165) is 6.07 Å². The van der Waals surface area contributed by atoms with Crippen LogP contribution in [0.1, 0.15) is 5.56 Å². The van der Waals surface area contributed by atoms with Gasteiger partial charge < -0.3 is 4.74 Å². The van der Waals surface area contributed by atoms with Gasteiger partial charge in [0, 0.05) is 0 Å². The summed E-state index contributed by atoms with van der Waals surface area (Å²) in [6.45, 7) is 0. The smallest absolute Gasteiger partial charge is 0.404 e. The molecule has 2 rings (SSSR count). The molecule has 6 heteroatoms. The van der Waals surface area contributed by atoms with E-state index in [1.807, 2.05) is 0 Å². The summed E-state index contributed by atoms with van der Waals surface area (Å²) in [6, 6.07) is 10.7. The molecule has 102 valence electrons. The van der Waals surface area contributed by atoms with Gasteiger partial charge in [-0.25, -0.2) is 4.39 Å². The van der Waals surface area contributed by atoms with Crippen molar-refractivity contribution < 1.29 is 22.3 Å². The van der Waals surface area contributed by atoms with Crippen molar-refractivity contribution in [3.8, 4) is 22.9 Å². The summed E-state index contributed by atoms with van der Waals surface area (Å²) in [5.74, 6) is -1.12. The Morgan fingerprint density at radius 1 is 1.00 bits per heavy atom. The fourth-order valence-electron chi connectivity index (χ4n) is 1.67. The number of hydrogen-bond donors (Lipinski definition) is 0. The largest absolute Gasteiger partial charge is 0.573 e. The van der Waals surface area contributed by atoms with Crippen LogP contribution in [0.2, 0.25) is 0 Å². The van der Waals surface area contributed by atoms with E-state index in [2.05, 4.69) is 4.74 Å². The van der Waals surface area contributed by atoms with Crippen LogP contribution in [-0.2, 0) is 0 Å². The SMILES string of the molecule is N#Cc1ccc(-c2cccc(F)c2)cc1OC(F)(F)F. The molecule has 0 aliphatic heterocycles. The van der Waals surface area contributed by atoms with Crippen molar-refractivity contribution in [2.24, 2.45) is 0 Å². The Balaban J connectivity index is 2.47. The van der Waals surface area contributed by atoms with Gasteiger partial charge in [0.1, 0.15) is 17.6 Å². The fourth-order valence-corrected chi connectivity index (χ4v) is 1.67. The third-order valence-corrected chi connectivity index (χ3v) is 2.49. The van der Waals surface area contributed by atoms with Crippen molar-refractivity contribution in [1.29, 1.82) is 5.26 Å². The Hall–Kier alpha value is -2.55. The highest BCUT2D eigenvalue weighted by Crippen LogP contribution is 2.31. The lowest BCUT2D eigenvalue weighted by Gasteiger charge is -2.11. The summed E-state index contributed by atoms with van der Waals surface area (Å²) in [5.41, 5.74) is 0.465. The third kappa shape index (κ3) is 3.26. The normalized spacial score (nSPS) is 10.9. The van der Waals surface area contributed by atoms with Crippen molar-refractivity contribution in [2.45, 2.75) is 6.36 Å². The maximum atomic E-state index is 13.1. The number of ether oxygens (including phenoxy) is 1. The molecular weight excluding hydrogens is 274 g/mol. The van der Waals surface area contributed by atoms with Crippen LogP contribution in [0.5, 0.6) is 5.75 Å². The van der Waals surface area contributed by atoms with Crippen LogP contribution in [0.25, 0.3) is 11.1 Å². The van der Waals surface area contributed by atoms with E-state index < -0.39 is 17.9 Å². The van der Waals surface area contributed by atoms with Crippen LogP contribution in [0.4, 0.5) is 17.6 Å². The maximum absolute atomic E-state index is 13.1. The average molecular weight is 281 g/mol. The summed E-state index contributed by atoms with van der Waals surface area (Å²) >= 11 is 0. The molecule has 0 radical (unpaired) electrons. The van der Waals surface area contributed by atoms with E-state index in [0.29, 0.717) is 11.1 Å². The van der Waals surface area contributed by atoms with Gasteiger partial charge in [0.15, 0.2) is 0 Å². The molecule has 0 atom stereocenters. The van der Waals surface area contributed by atoms with Crippen LogP contribution in [-0.4, -0.2) is 6.36 Å². The van der Waals surface area contributed by atoms with Gasteiger partial charge in [0.25, 0.3) is 0 Å². The molecule has 0 unspecified atom stereocenters. The third-order valence-electron chi connectivity index (χ3n) is 2.49. The van der Waals surface area contributed by atoms with E-state index in [4.69, 9.17) is 5.26 Å². The number of hydrogen-bond acceptors (Lipinski definition) is 2. The molecule has 0 saturated carbocycles. The fraction of sp³-hybridized carbons (Fsp3) is 0.0714. The molecular formula is C14H7F4NO. The topological polar surface area (TPSA) is 33.0 Å². The van der Waals surface area contributed by atoms with Gasteiger partial charge in [0.2, 0.25) is 0 Å². The Bertz CT molecular complexity index is 674. The minimum atomic E-state index is -4.90. The second-order valence-corrected chi connectivity index (χ2v) is 3.88. The first-order chi connectivity index (χ1) is 9.39. The van der Waals surface area contributed by atoms with Gasteiger partial charge >= 0.3 is 6.36 Å². The molecule has 0 N–H and O–H groups in total. The predicted octanol–water partition coefficient (Wildman–Crippen LogP) is 4.26. The van der Waals surface area contributed by atoms with Crippen LogP contribution >= 0.6 is 0 Å². The zero-order valence-corrected chi connectivity index (χ0v) is 9.91. The molecule has 2 aromatic rings. The first-order valence-electron chi connectivity index (χ1n) is 5.45. The van der Waals surface area contributed by atoms with Crippen molar-refractivity contribution >= 4 is 0 Å². The van der Waals surface area contributed by atoms with Crippen LogP contribution < -0.4 is 4.74 Å².